The summed E-state index contributed by atoms with van der Waals surface area (Å²) in [5.41, 5.74) is 3.21. The van der Waals surface area contributed by atoms with Crippen molar-refractivity contribution in [3.8, 4) is 0 Å². The molecule has 0 aliphatic carbocycles. The molecule has 0 spiro atoms. The number of hydrogen-bond donors (Lipinski definition) is 0. The monoisotopic (exact) mass is 317 g/mol. The first-order valence-electron chi connectivity index (χ1n) is 7.93. The third-order valence-electron chi connectivity index (χ3n) is 3.78. The first kappa shape index (κ1) is 15.9. The highest BCUT2D eigenvalue weighted by Gasteiger charge is 2.19. The van der Waals surface area contributed by atoms with Gasteiger partial charge in [-0.2, -0.15) is 0 Å². The Bertz CT molecular complexity index is 786. The first-order valence-corrected chi connectivity index (χ1v) is 7.93. The van der Waals surface area contributed by atoms with Gasteiger partial charge in [0.05, 0.1) is 11.9 Å². The Kier molecular flexibility index (Phi) is 4.96. The predicted octanol–water partition coefficient (Wildman–Crippen LogP) is 3.67. The highest BCUT2D eigenvalue weighted by molar-refractivity contribution is 6.04. The van der Waals surface area contributed by atoms with Crippen LogP contribution in [0.3, 0.4) is 0 Å². The van der Waals surface area contributed by atoms with Gasteiger partial charge in [0, 0.05) is 18.4 Å². The molecular formula is C20H19N3O. The number of nitrogens with zero attached hydrogens (tertiary/aromatic N) is 3. The van der Waals surface area contributed by atoms with Crippen LogP contribution in [0.25, 0.3) is 0 Å². The minimum absolute atomic E-state index is 0.135. The number of carbonyl (C=O) groups is 1. The Hall–Kier alpha value is -3.01. The Balaban J connectivity index is 1.84. The molecule has 4 nitrogen and oxygen atoms in total. The van der Waals surface area contributed by atoms with E-state index in [1.807, 2.05) is 55.5 Å². The SMILES string of the molecule is Cc1cnc(C(=O)N(CCc2ccccc2)c2ccccc2)cn1. The maximum absolute atomic E-state index is 12.9. The normalized spacial score (nSPS) is 10.4. The van der Waals surface area contributed by atoms with Crippen molar-refractivity contribution in [2.75, 3.05) is 11.4 Å². The van der Waals surface area contributed by atoms with E-state index in [-0.39, 0.29) is 5.91 Å². The van der Waals surface area contributed by atoms with E-state index in [9.17, 15) is 4.79 Å². The topological polar surface area (TPSA) is 46.1 Å². The number of amides is 1. The lowest BCUT2D eigenvalue weighted by Crippen LogP contribution is -2.33. The molecule has 0 aliphatic heterocycles. The summed E-state index contributed by atoms with van der Waals surface area (Å²) in [7, 11) is 0. The van der Waals surface area contributed by atoms with Crippen LogP contribution in [0.2, 0.25) is 0 Å². The van der Waals surface area contributed by atoms with Gasteiger partial charge in [-0.25, -0.2) is 4.98 Å². The van der Waals surface area contributed by atoms with Gasteiger partial charge in [-0.15, -0.1) is 0 Å². The lowest BCUT2D eigenvalue weighted by Gasteiger charge is -2.22. The molecule has 2 aromatic carbocycles. The van der Waals surface area contributed by atoms with Crippen molar-refractivity contribution in [2.45, 2.75) is 13.3 Å². The third-order valence-corrected chi connectivity index (χ3v) is 3.78. The molecule has 0 unspecified atom stereocenters. The Labute approximate surface area is 141 Å². The predicted molar refractivity (Wildman–Crippen MR) is 95.0 cm³/mol. The molecular weight excluding hydrogens is 298 g/mol. The summed E-state index contributed by atoms with van der Waals surface area (Å²) < 4.78 is 0. The second kappa shape index (κ2) is 7.51. The highest BCUT2D eigenvalue weighted by Crippen LogP contribution is 2.17. The summed E-state index contributed by atoms with van der Waals surface area (Å²) in [6.45, 7) is 2.44. The van der Waals surface area contributed by atoms with Crippen molar-refractivity contribution in [3.63, 3.8) is 0 Å². The molecule has 0 radical (unpaired) electrons. The molecule has 0 N–H and O–H groups in total. The van der Waals surface area contributed by atoms with Gasteiger partial charge < -0.3 is 4.90 Å². The zero-order chi connectivity index (χ0) is 16.8. The maximum atomic E-state index is 12.9. The van der Waals surface area contributed by atoms with Gasteiger partial charge >= 0.3 is 0 Å². The van der Waals surface area contributed by atoms with Crippen molar-refractivity contribution >= 4 is 11.6 Å². The molecule has 0 aliphatic rings. The number of aryl methyl sites for hydroxylation is 1. The lowest BCUT2D eigenvalue weighted by atomic mass is 10.1. The van der Waals surface area contributed by atoms with E-state index in [1.165, 1.54) is 11.8 Å². The van der Waals surface area contributed by atoms with E-state index >= 15 is 0 Å². The van der Waals surface area contributed by atoms with Gasteiger partial charge in [-0.05, 0) is 31.0 Å². The van der Waals surface area contributed by atoms with Crippen molar-refractivity contribution in [1.29, 1.82) is 0 Å². The van der Waals surface area contributed by atoms with Gasteiger partial charge in [0.25, 0.3) is 5.91 Å². The van der Waals surface area contributed by atoms with Crippen LogP contribution in [-0.4, -0.2) is 22.4 Å². The molecule has 3 aromatic rings. The highest BCUT2D eigenvalue weighted by atomic mass is 16.2. The van der Waals surface area contributed by atoms with Crippen LogP contribution in [0.15, 0.2) is 73.1 Å². The molecule has 24 heavy (non-hydrogen) atoms. The van der Waals surface area contributed by atoms with Crippen molar-refractivity contribution in [1.82, 2.24) is 9.97 Å². The Morgan fingerprint density at radius 3 is 2.21 bits per heavy atom. The molecule has 1 amide bonds. The van der Waals surface area contributed by atoms with E-state index in [0.29, 0.717) is 12.2 Å². The molecule has 1 heterocycles. The number of rotatable bonds is 5. The minimum Gasteiger partial charge on any atom is -0.307 e. The van der Waals surface area contributed by atoms with E-state index in [4.69, 9.17) is 0 Å². The summed E-state index contributed by atoms with van der Waals surface area (Å²) in [4.78, 5) is 23.1. The van der Waals surface area contributed by atoms with Crippen LogP contribution in [0, 0.1) is 6.92 Å². The Morgan fingerprint density at radius 2 is 1.58 bits per heavy atom. The molecule has 0 fully saturated rings. The molecule has 0 saturated heterocycles. The number of carbonyl (C=O) groups excluding carboxylic acids is 1. The van der Waals surface area contributed by atoms with Gasteiger partial charge in [0.1, 0.15) is 5.69 Å². The van der Waals surface area contributed by atoms with Gasteiger partial charge in [-0.1, -0.05) is 48.5 Å². The first-order chi connectivity index (χ1) is 11.7. The fourth-order valence-corrected chi connectivity index (χ4v) is 2.48. The van der Waals surface area contributed by atoms with Crippen LogP contribution in [0.5, 0.6) is 0 Å². The molecule has 0 saturated carbocycles. The molecule has 4 heteroatoms. The molecule has 0 bridgehead atoms. The lowest BCUT2D eigenvalue weighted by molar-refractivity contribution is 0.0982. The van der Waals surface area contributed by atoms with Crippen molar-refractivity contribution in [3.05, 3.63) is 90.0 Å². The van der Waals surface area contributed by atoms with Gasteiger partial charge in [-0.3, -0.25) is 9.78 Å². The summed E-state index contributed by atoms with van der Waals surface area (Å²) >= 11 is 0. The number of aromatic nitrogens is 2. The van der Waals surface area contributed by atoms with E-state index in [1.54, 1.807) is 11.1 Å². The minimum atomic E-state index is -0.135. The molecule has 1 aromatic heterocycles. The summed E-state index contributed by atoms with van der Waals surface area (Å²) in [5.74, 6) is -0.135. The second-order valence-electron chi connectivity index (χ2n) is 5.57. The van der Waals surface area contributed by atoms with Crippen molar-refractivity contribution in [2.24, 2.45) is 0 Å². The standard InChI is InChI=1S/C20H19N3O/c1-16-14-22-19(15-21-16)20(24)23(18-10-6-3-7-11-18)13-12-17-8-4-2-5-9-17/h2-11,14-15H,12-13H2,1H3. The average molecular weight is 317 g/mol. The number of anilines is 1. The van der Waals surface area contributed by atoms with E-state index in [0.717, 1.165) is 17.8 Å². The van der Waals surface area contributed by atoms with Gasteiger partial charge in [0.15, 0.2) is 0 Å². The Morgan fingerprint density at radius 1 is 0.917 bits per heavy atom. The maximum Gasteiger partial charge on any atom is 0.278 e. The smallest absolute Gasteiger partial charge is 0.278 e. The van der Waals surface area contributed by atoms with Crippen LogP contribution in [-0.2, 0) is 6.42 Å². The van der Waals surface area contributed by atoms with Gasteiger partial charge in [0.2, 0.25) is 0 Å². The number of hydrogen-bond acceptors (Lipinski definition) is 3. The number of para-hydroxylation sites is 1. The largest absolute Gasteiger partial charge is 0.307 e. The van der Waals surface area contributed by atoms with Crippen LogP contribution in [0.4, 0.5) is 5.69 Å². The van der Waals surface area contributed by atoms with Crippen LogP contribution < -0.4 is 4.90 Å². The summed E-state index contributed by atoms with van der Waals surface area (Å²) in [6, 6.07) is 19.8. The van der Waals surface area contributed by atoms with Crippen molar-refractivity contribution < 1.29 is 4.79 Å². The number of benzene rings is 2. The summed E-state index contributed by atoms with van der Waals surface area (Å²) in [5, 5.41) is 0. The molecule has 0 atom stereocenters. The van der Waals surface area contributed by atoms with Crippen LogP contribution >= 0.6 is 0 Å². The zero-order valence-electron chi connectivity index (χ0n) is 13.6. The average Bonchev–Trinajstić information content (AvgIpc) is 2.64. The van der Waals surface area contributed by atoms with E-state index in [2.05, 4.69) is 22.1 Å². The molecule has 3 rings (SSSR count). The summed E-state index contributed by atoms with van der Waals surface area (Å²) in [6.07, 6.45) is 3.94. The fraction of sp³-hybridized carbons (Fsp3) is 0.150. The second-order valence-corrected chi connectivity index (χ2v) is 5.57. The fourth-order valence-electron chi connectivity index (χ4n) is 2.48. The quantitative estimate of drug-likeness (QED) is 0.721. The van der Waals surface area contributed by atoms with E-state index < -0.39 is 0 Å². The zero-order valence-corrected chi connectivity index (χ0v) is 13.6. The molecule has 120 valence electrons. The third kappa shape index (κ3) is 3.84. The van der Waals surface area contributed by atoms with Crippen LogP contribution in [0.1, 0.15) is 21.7 Å².